The summed E-state index contributed by atoms with van der Waals surface area (Å²) in [6.07, 6.45) is 5.29. The topological polar surface area (TPSA) is 37.4 Å². The van der Waals surface area contributed by atoms with Gasteiger partial charge in [0.25, 0.3) is 0 Å². The van der Waals surface area contributed by atoms with Gasteiger partial charge in [-0.1, -0.05) is 47.0 Å². The summed E-state index contributed by atoms with van der Waals surface area (Å²) in [5.41, 5.74) is 0. The van der Waals surface area contributed by atoms with Gasteiger partial charge in [0.1, 0.15) is 0 Å². The molecule has 17 heavy (non-hydrogen) atoms. The maximum absolute atomic E-state index is 12.1. The molecule has 0 bridgehead atoms. The Morgan fingerprint density at radius 2 is 1.59 bits per heavy atom. The molecule has 0 radical (unpaired) electrons. The molecule has 1 saturated heterocycles. The van der Waals surface area contributed by atoms with Crippen molar-refractivity contribution in [1.82, 2.24) is 4.90 Å². The van der Waals surface area contributed by atoms with E-state index in [0.29, 0.717) is 0 Å². The number of hydrogen-bond donors (Lipinski definition) is 0. The van der Waals surface area contributed by atoms with E-state index in [9.17, 15) is 9.59 Å². The number of unbranched alkanes of at least 4 members (excludes halogenated alkanes) is 2. The lowest BCUT2D eigenvalue weighted by atomic mass is 10.00. The molecule has 0 spiro atoms. The number of likely N-dealkylation sites (tertiary alicyclic amines) is 1. The average Bonchev–Trinajstić information content (AvgIpc) is 2.51. The lowest BCUT2D eigenvalue weighted by Gasteiger charge is -2.25. The first-order chi connectivity index (χ1) is 8.04. The van der Waals surface area contributed by atoms with Crippen LogP contribution >= 0.6 is 0 Å². The molecular formula is C14H25NO2. The molecule has 0 aromatic carbocycles. The molecule has 3 heteroatoms. The van der Waals surface area contributed by atoms with Crippen LogP contribution < -0.4 is 0 Å². The van der Waals surface area contributed by atoms with Crippen molar-refractivity contribution in [1.29, 1.82) is 0 Å². The van der Waals surface area contributed by atoms with Gasteiger partial charge in [-0.15, -0.1) is 0 Å². The third-order valence-corrected chi connectivity index (χ3v) is 3.98. The molecule has 1 heterocycles. The zero-order valence-electron chi connectivity index (χ0n) is 11.5. The first-order valence-electron chi connectivity index (χ1n) is 6.91. The van der Waals surface area contributed by atoms with Gasteiger partial charge in [0.05, 0.1) is 0 Å². The minimum absolute atomic E-state index is 0.0332. The fourth-order valence-corrected chi connectivity index (χ4v) is 2.48. The van der Waals surface area contributed by atoms with Gasteiger partial charge in [-0.3, -0.25) is 14.5 Å². The largest absolute Gasteiger partial charge is 0.279 e. The van der Waals surface area contributed by atoms with Gasteiger partial charge in [0, 0.05) is 17.9 Å². The number of amides is 2. The summed E-state index contributed by atoms with van der Waals surface area (Å²) in [5, 5.41) is 0. The van der Waals surface area contributed by atoms with Crippen molar-refractivity contribution in [3.8, 4) is 0 Å². The summed E-state index contributed by atoms with van der Waals surface area (Å²) >= 11 is 0. The molecule has 0 N–H and O–H groups in total. The summed E-state index contributed by atoms with van der Waals surface area (Å²) in [7, 11) is 0. The van der Waals surface area contributed by atoms with Crippen LogP contribution in [-0.2, 0) is 9.59 Å². The third-order valence-electron chi connectivity index (χ3n) is 3.98. The van der Waals surface area contributed by atoms with Crippen molar-refractivity contribution in [3.05, 3.63) is 0 Å². The number of carbonyl (C=O) groups is 2. The van der Waals surface area contributed by atoms with E-state index < -0.39 is 0 Å². The van der Waals surface area contributed by atoms with Gasteiger partial charge in [-0.05, 0) is 12.8 Å². The molecule has 1 rings (SSSR count). The molecule has 2 amide bonds. The molecular weight excluding hydrogens is 214 g/mol. The van der Waals surface area contributed by atoms with E-state index in [2.05, 4.69) is 13.8 Å². The van der Waals surface area contributed by atoms with Crippen molar-refractivity contribution < 1.29 is 9.59 Å². The quantitative estimate of drug-likeness (QED) is 0.528. The molecule has 1 fully saturated rings. The second-order valence-electron chi connectivity index (χ2n) is 5.18. The van der Waals surface area contributed by atoms with Crippen molar-refractivity contribution >= 4 is 11.8 Å². The number of nitrogens with zero attached hydrogens (tertiary/aromatic N) is 1. The zero-order valence-corrected chi connectivity index (χ0v) is 11.5. The highest BCUT2D eigenvalue weighted by Gasteiger charge is 2.44. The first-order valence-corrected chi connectivity index (χ1v) is 6.91. The van der Waals surface area contributed by atoms with Gasteiger partial charge in [-0.25, -0.2) is 0 Å². The van der Waals surface area contributed by atoms with Crippen LogP contribution in [0.25, 0.3) is 0 Å². The molecule has 3 atom stereocenters. The Labute approximate surface area is 105 Å². The summed E-state index contributed by atoms with van der Waals surface area (Å²) in [6.45, 7) is 7.95. The maximum atomic E-state index is 12.1. The SMILES string of the molecule is CCCCCC(CC)N1C(=O)C(C)C(C)C1=O. The summed E-state index contributed by atoms with van der Waals surface area (Å²) in [6, 6.07) is 0.119. The number of rotatable bonds is 6. The van der Waals surface area contributed by atoms with Crippen LogP contribution in [0.15, 0.2) is 0 Å². The van der Waals surface area contributed by atoms with Crippen molar-refractivity contribution in [3.63, 3.8) is 0 Å². The molecule has 98 valence electrons. The van der Waals surface area contributed by atoms with Crippen molar-refractivity contribution in [2.45, 2.75) is 65.8 Å². The molecule has 1 aliphatic rings. The zero-order chi connectivity index (χ0) is 13.0. The Hall–Kier alpha value is -0.860. The van der Waals surface area contributed by atoms with Crippen LogP contribution in [0.2, 0.25) is 0 Å². The maximum Gasteiger partial charge on any atom is 0.233 e. The Morgan fingerprint density at radius 3 is 2.00 bits per heavy atom. The standard InChI is InChI=1S/C14H25NO2/c1-5-7-8-9-12(6-2)15-13(16)10(3)11(4)14(15)17/h10-12H,5-9H2,1-4H3. The van der Waals surface area contributed by atoms with E-state index in [1.54, 1.807) is 4.90 Å². The smallest absolute Gasteiger partial charge is 0.233 e. The fourth-order valence-electron chi connectivity index (χ4n) is 2.48. The van der Waals surface area contributed by atoms with Crippen molar-refractivity contribution in [2.24, 2.45) is 11.8 Å². The van der Waals surface area contributed by atoms with Gasteiger partial charge in [0.15, 0.2) is 0 Å². The summed E-state index contributed by atoms with van der Waals surface area (Å²) in [5.74, 6) is -0.206. The Kier molecular flexibility index (Phi) is 5.16. The highest BCUT2D eigenvalue weighted by atomic mass is 16.2. The fraction of sp³-hybridized carbons (Fsp3) is 0.857. The molecule has 0 aromatic rings. The van der Waals surface area contributed by atoms with Crippen LogP contribution in [0, 0.1) is 11.8 Å². The molecule has 0 aliphatic carbocycles. The Morgan fingerprint density at radius 1 is 1.06 bits per heavy atom. The highest BCUT2D eigenvalue weighted by molar-refractivity contribution is 6.05. The van der Waals surface area contributed by atoms with Crippen LogP contribution in [-0.4, -0.2) is 22.8 Å². The predicted molar refractivity (Wildman–Crippen MR) is 68.4 cm³/mol. The van der Waals surface area contributed by atoms with Crippen LogP contribution in [0.3, 0.4) is 0 Å². The van der Waals surface area contributed by atoms with Gasteiger partial charge < -0.3 is 0 Å². The van der Waals surface area contributed by atoms with Crippen LogP contribution in [0.5, 0.6) is 0 Å². The monoisotopic (exact) mass is 239 g/mol. The van der Waals surface area contributed by atoms with Crippen LogP contribution in [0.1, 0.15) is 59.8 Å². The minimum atomic E-state index is -0.136. The first kappa shape index (κ1) is 14.2. The minimum Gasteiger partial charge on any atom is -0.279 e. The van der Waals surface area contributed by atoms with E-state index in [-0.39, 0.29) is 29.7 Å². The third kappa shape index (κ3) is 2.88. The normalized spacial score (nSPS) is 26.7. The molecule has 1 aliphatic heterocycles. The van der Waals surface area contributed by atoms with Crippen molar-refractivity contribution in [2.75, 3.05) is 0 Å². The van der Waals surface area contributed by atoms with E-state index in [1.165, 1.54) is 12.8 Å². The van der Waals surface area contributed by atoms with E-state index >= 15 is 0 Å². The summed E-state index contributed by atoms with van der Waals surface area (Å²) in [4.78, 5) is 25.7. The highest BCUT2D eigenvalue weighted by Crippen LogP contribution is 2.29. The van der Waals surface area contributed by atoms with Crippen LogP contribution in [0.4, 0.5) is 0 Å². The molecule has 3 nitrogen and oxygen atoms in total. The lowest BCUT2D eigenvalue weighted by Crippen LogP contribution is -2.40. The van der Waals surface area contributed by atoms with Gasteiger partial charge in [-0.2, -0.15) is 0 Å². The Balaban J connectivity index is 2.68. The van der Waals surface area contributed by atoms with E-state index in [1.807, 2.05) is 13.8 Å². The van der Waals surface area contributed by atoms with E-state index in [4.69, 9.17) is 0 Å². The second kappa shape index (κ2) is 6.18. The number of imide groups is 1. The molecule has 0 saturated carbocycles. The molecule has 0 aromatic heterocycles. The number of hydrogen-bond acceptors (Lipinski definition) is 2. The van der Waals surface area contributed by atoms with E-state index in [0.717, 1.165) is 19.3 Å². The predicted octanol–water partition coefficient (Wildman–Crippen LogP) is 2.99. The second-order valence-corrected chi connectivity index (χ2v) is 5.18. The van der Waals surface area contributed by atoms with Gasteiger partial charge in [0.2, 0.25) is 11.8 Å². The lowest BCUT2D eigenvalue weighted by molar-refractivity contribution is -0.142. The molecule has 3 unspecified atom stereocenters. The van der Waals surface area contributed by atoms with Gasteiger partial charge >= 0.3 is 0 Å². The average molecular weight is 239 g/mol. The number of carbonyl (C=O) groups excluding carboxylic acids is 2. The Bertz CT molecular complexity index is 268. The summed E-state index contributed by atoms with van der Waals surface area (Å²) < 4.78 is 0.